The highest BCUT2D eigenvalue weighted by Crippen LogP contribution is 2.34. The Bertz CT molecular complexity index is 627. The van der Waals surface area contributed by atoms with Crippen LogP contribution in [0.1, 0.15) is 24.3 Å². The van der Waals surface area contributed by atoms with Gasteiger partial charge in [-0.25, -0.2) is 0 Å². The number of hydrogen-bond donors (Lipinski definition) is 1. The second kappa shape index (κ2) is 6.00. The third-order valence-electron chi connectivity index (χ3n) is 4.05. The van der Waals surface area contributed by atoms with Gasteiger partial charge in [0, 0.05) is 24.4 Å². The zero-order valence-electron chi connectivity index (χ0n) is 12.1. The molecule has 21 heavy (non-hydrogen) atoms. The Labute approximate surface area is 124 Å². The van der Waals surface area contributed by atoms with Crippen LogP contribution in [-0.2, 0) is 4.79 Å². The van der Waals surface area contributed by atoms with Crippen LogP contribution >= 0.6 is 0 Å². The van der Waals surface area contributed by atoms with Crippen LogP contribution in [-0.4, -0.2) is 19.6 Å². The van der Waals surface area contributed by atoms with E-state index in [9.17, 15) is 4.79 Å². The second-order valence-electron chi connectivity index (χ2n) is 5.37. The summed E-state index contributed by atoms with van der Waals surface area (Å²) in [5.41, 5.74) is 3.51. The molecule has 0 bridgehead atoms. The molecule has 1 amide bonds. The van der Waals surface area contributed by atoms with Crippen LogP contribution in [0.4, 0.5) is 0 Å². The number of hydrogen-bond acceptors (Lipinski definition) is 2. The van der Waals surface area contributed by atoms with E-state index < -0.39 is 0 Å². The minimum atomic E-state index is 0.156. The molecule has 3 rings (SSSR count). The summed E-state index contributed by atoms with van der Waals surface area (Å²) >= 11 is 0. The molecule has 0 saturated carbocycles. The smallest absolute Gasteiger partial charge is 0.220 e. The maximum absolute atomic E-state index is 11.3. The van der Waals surface area contributed by atoms with Crippen LogP contribution in [0.25, 0.3) is 11.1 Å². The largest absolute Gasteiger partial charge is 0.496 e. The van der Waals surface area contributed by atoms with E-state index in [0.717, 1.165) is 29.8 Å². The average molecular weight is 281 g/mol. The van der Waals surface area contributed by atoms with Crippen LogP contribution in [0.15, 0.2) is 48.5 Å². The Morgan fingerprint density at radius 2 is 1.95 bits per heavy atom. The summed E-state index contributed by atoms with van der Waals surface area (Å²) in [7, 11) is 1.70. The van der Waals surface area contributed by atoms with Crippen molar-refractivity contribution < 1.29 is 9.53 Å². The molecule has 108 valence electrons. The lowest BCUT2D eigenvalue weighted by Crippen LogP contribution is -2.33. The van der Waals surface area contributed by atoms with Gasteiger partial charge in [-0.1, -0.05) is 36.4 Å². The molecule has 0 unspecified atom stereocenters. The van der Waals surface area contributed by atoms with Crippen LogP contribution in [0, 0.1) is 0 Å². The zero-order chi connectivity index (χ0) is 14.7. The van der Waals surface area contributed by atoms with E-state index in [2.05, 4.69) is 29.6 Å². The Morgan fingerprint density at radius 3 is 2.62 bits per heavy atom. The maximum Gasteiger partial charge on any atom is 0.220 e. The number of carbonyl (C=O) groups is 1. The molecule has 1 aliphatic heterocycles. The summed E-state index contributed by atoms with van der Waals surface area (Å²) in [5.74, 6) is 1.42. The van der Waals surface area contributed by atoms with Crippen molar-refractivity contribution in [3.63, 3.8) is 0 Å². The summed E-state index contributed by atoms with van der Waals surface area (Å²) in [6.07, 6.45) is 1.52. The monoisotopic (exact) mass is 281 g/mol. The summed E-state index contributed by atoms with van der Waals surface area (Å²) < 4.78 is 5.49. The highest BCUT2D eigenvalue weighted by molar-refractivity contribution is 5.77. The lowest BCUT2D eigenvalue weighted by Gasteiger charge is -2.23. The molecule has 0 aromatic heterocycles. The van der Waals surface area contributed by atoms with Gasteiger partial charge >= 0.3 is 0 Å². The predicted octanol–water partition coefficient (Wildman–Crippen LogP) is 3.36. The predicted molar refractivity (Wildman–Crippen MR) is 83.4 cm³/mol. The van der Waals surface area contributed by atoms with Crippen molar-refractivity contribution in [2.75, 3.05) is 13.7 Å². The molecule has 3 heteroatoms. The summed E-state index contributed by atoms with van der Waals surface area (Å²) in [4.78, 5) is 11.3. The molecule has 2 aromatic carbocycles. The van der Waals surface area contributed by atoms with Gasteiger partial charge in [0.1, 0.15) is 5.75 Å². The lowest BCUT2D eigenvalue weighted by atomic mass is 9.89. The molecule has 0 aliphatic carbocycles. The van der Waals surface area contributed by atoms with Gasteiger partial charge in [-0.15, -0.1) is 0 Å². The molecule has 0 spiro atoms. The van der Waals surface area contributed by atoms with E-state index in [0.29, 0.717) is 12.3 Å². The van der Waals surface area contributed by atoms with E-state index in [1.54, 1.807) is 7.11 Å². The maximum atomic E-state index is 11.3. The molecule has 1 N–H and O–H groups in total. The number of rotatable bonds is 3. The number of carbonyl (C=O) groups excluding carboxylic acids is 1. The summed E-state index contributed by atoms with van der Waals surface area (Å²) in [5, 5.41) is 2.95. The van der Waals surface area contributed by atoms with E-state index in [1.165, 1.54) is 5.56 Å². The topological polar surface area (TPSA) is 38.3 Å². The normalized spacial score (nSPS) is 18.1. The van der Waals surface area contributed by atoms with Gasteiger partial charge in [0.05, 0.1) is 7.11 Å². The van der Waals surface area contributed by atoms with E-state index in [-0.39, 0.29) is 5.91 Å². The van der Waals surface area contributed by atoms with Crippen molar-refractivity contribution in [3.8, 4) is 16.9 Å². The highest BCUT2D eigenvalue weighted by atomic mass is 16.5. The molecule has 3 nitrogen and oxygen atoms in total. The van der Waals surface area contributed by atoms with Gasteiger partial charge < -0.3 is 10.1 Å². The number of amides is 1. The first-order chi connectivity index (χ1) is 10.3. The number of methoxy groups -OCH3 is 1. The average Bonchev–Trinajstić information content (AvgIpc) is 2.56. The fourth-order valence-corrected chi connectivity index (χ4v) is 2.84. The standard InChI is InChI=1S/C18H19NO2/c1-21-17-9-7-14(15-8-10-18(20)19-12-15)11-16(17)13-5-3-2-4-6-13/h2-7,9,11,15H,8,10,12H2,1H3,(H,19,20)/t15-/m1/s1. The van der Waals surface area contributed by atoms with E-state index >= 15 is 0 Å². The minimum absolute atomic E-state index is 0.156. The van der Waals surface area contributed by atoms with Gasteiger partial charge in [0.15, 0.2) is 0 Å². The fourth-order valence-electron chi connectivity index (χ4n) is 2.84. The molecule has 1 aliphatic rings. The van der Waals surface area contributed by atoms with Crippen LogP contribution < -0.4 is 10.1 Å². The lowest BCUT2D eigenvalue weighted by molar-refractivity contribution is -0.122. The zero-order valence-corrected chi connectivity index (χ0v) is 12.1. The first kappa shape index (κ1) is 13.7. The molecule has 1 saturated heterocycles. The van der Waals surface area contributed by atoms with E-state index in [4.69, 9.17) is 4.74 Å². The van der Waals surface area contributed by atoms with Crippen molar-refractivity contribution >= 4 is 5.91 Å². The number of piperidine rings is 1. The second-order valence-corrected chi connectivity index (χ2v) is 5.37. The molecule has 1 atom stereocenters. The van der Waals surface area contributed by atoms with Gasteiger partial charge in [0.2, 0.25) is 5.91 Å². The molecule has 0 radical (unpaired) electrons. The van der Waals surface area contributed by atoms with Crippen LogP contribution in [0.5, 0.6) is 5.75 Å². The van der Waals surface area contributed by atoms with Crippen molar-refractivity contribution in [2.45, 2.75) is 18.8 Å². The first-order valence-corrected chi connectivity index (χ1v) is 7.28. The third-order valence-corrected chi connectivity index (χ3v) is 4.05. The van der Waals surface area contributed by atoms with Crippen molar-refractivity contribution in [3.05, 3.63) is 54.1 Å². The Kier molecular flexibility index (Phi) is 3.91. The Hall–Kier alpha value is -2.29. The number of nitrogens with one attached hydrogen (secondary N) is 1. The SMILES string of the molecule is COc1ccc([C@@H]2CCC(=O)NC2)cc1-c1ccccc1. The Balaban J connectivity index is 1.95. The van der Waals surface area contributed by atoms with Gasteiger partial charge in [0.25, 0.3) is 0 Å². The highest BCUT2D eigenvalue weighted by Gasteiger charge is 2.20. The van der Waals surface area contributed by atoms with Gasteiger partial charge in [-0.2, -0.15) is 0 Å². The summed E-state index contributed by atoms with van der Waals surface area (Å²) in [6, 6.07) is 16.6. The molecular weight excluding hydrogens is 262 g/mol. The van der Waals surface area contributed by atoms with Gasteiger partial charge in [-0.05, 0) is 29.7 Å². The third kappa shape index (κ3) is 2.92. The molecule has 1 heterocycles. The molecule has 2 aromatic rings. The molecule has 1 fully saturated rings. The first-order valence-electron chi connectivity index (χ1n) is 7.28. The minimum Gasteiger partial charge on any atom is -0.496 e. The summed E-state index contributed by atoms with van der Waals surface area (Å²) in [6.45, 7) is 0.722. The van der Waals surface area contributed by atoms with Crippen LogP contribution in [0.3, 0.4) is 0 Å². The van der Waals surface area contributed by atoms with Crippen molar-refractivity contribution in [1.29, 1.82) is 0 Å². The van der Waals surface area contributed by atoms with E-state index in [1.807, 2.05) is 24.3 Å². The van der Waals surface area contributed by atoms with Crippen LogP contribution in [0.2, 0.25) is 0 Å². The van der Waals surface area contributed by atoms with Crippen molar-refractivity contribution in [2.24, 2.45) is 0 Å². The number of benzene rings is 2. The quantitative estimate of drug-likeness (QED) is 0.937. The fraction of sp³-hybridized carbons (Fsp3) is 0.278. The van der Waals surface area contributed by atoms with Crippen molar-refractivity contribution in [1.82, 2.24) is 5.32 Å². The molecular formula is C18H19NO2. The number of ether oxygens (including phenoxy) is 1. The Morgan fingerprint density at radius 1 is 1.14 bits per heavy atom. The van der Waals surface area contributed by atoms with Gasteiger partial charge in [-0.3, -0.25) is 4.79 Å².